The number of rotatable bonds is 4. The van der Waals surface area contributed by atoms with Gasteiger partial charge in [-0.05, 0) is 46.9 Å². The van der Waals surface area contributed by atoms with Crippen LogP contribution in [-0.2, 0) is 17.8 Å². The molecule has 2 unspecified atom stereocenters. The maximum atomic E-state index is 10.5. The quantitative estimate of drug-likeness (QED) is 0.657. The maximum Gasteiger partial charge on any atom is 0.328 e. The van der Waals surface area contributed by atoms with Crippen LogP contribution in [-0.4, -0.2) is 16.2 Å². The molecule has 0 spiro atoms. The van der Waals surface area contributed by atoms with E-state index in [0.29, 0.717) is 11.8 Å². The number of carbonyl (C=O) groups is 1. The van der Waals surface area contributed by atoms with E-state index in [2.05, 4.69) is 19.9 Å². The second-order valence-electron chi connectivity index (χ2n) is 5.87. The van der Waals surface area contributed by atoms with E-state index in [-0.39, 0.29) is 6.61 Å². The third-order valence-electron chi connectivity index (χ3n) is 4.07. The smallest absolute Gasteiger partial charge is 0.328 e. The molecule has 0 fully saturated rings. The average Bonchev–Trinajstić information content (AvgIpc) is 2.42. The first kappa shape index (κ1) is 15.5. The van der Waals surface area contributed by atoms with E-state index in [1.165, 1.54) is 17.2 Å². The number of fused-ring (bicyclic) bond motifs is 1. The van der Waals surface area contributed by atoms with Gasteiger partial charge in [0.25, 0.3) is 0 Å². The number of hydrogen-bond acceptors (Lipinski definition) is 2. The number of hydrogen-bond donors (Lipinski definition) is 2. The lowest BCUT2D eigenvalue weighted by Gasteiger charge is -2.30. The molecule has 0 radical (unpaired) electrons. The number of benzene rings is 1. The number of carboxylic acids is 1. The standard InChI is InChI=1S/C18H22O3/c1-12-9-13(2)18-14(10-12)7-8-15(11-19)16(18)5-3-4-6-17(20)21/h3-8,12-13,19H,9-11H2,1-2H3,(H,20,21)/b5-3+,6-4+. The van der Waals surface area contributed by atoms with Gasteiger partial charge in [0, 0.05) is 6.08 Å². The fourth-order valence-corrected chi connectivity index (χ4v) is 3.29. The molecule has 1 aliphatic rings. The van der Waals surface area contributed by atoms with Crippen molar-refractivity contribution >= 4 is 12.0 Å². The minimum Gasteiger partial charge on any atom is -0.478 e. The predicted molar refractivity (Wildman–Crippen MR) is 84.1 cm³/mol. The summed E-state index contributed by atoms with van der Waals surface area (Å²) in [6.07, 6.45) is 8.48. The molecule has 0 heterocycles. The highest BCUT2D eigenvalue weighted by atomic mass is 16.4. The van der Waals surface area contributed by atoms with Gasteiger partial charge in [0.05, 0.1) is 6.61 Å². The fourth-order valence-electron chi connectivity index (χ4n) is 3.29. The summed E-state index contributed by atoms with van der Waals surface area (Å²) >= 11 is 0. The molecular formula is C18H22O3. The number of aliphatic carboxylic acids is 1. The summed E-state index contributed by atoms with van der Waals surface area (Å²) in [6, 6.07) is 4.10. The lowest BCUT2D eigenvalue weighted by Crippen LogP contribution is -2.17. The second-order valence-corrected chi connectivity index (χ2v) is 5.87. The van der Waals surface area contributed by atoms with Gasteiger partial charge >= 0.3 is 5.97 Å². The molecule has 0 aliphatic heterocycles. The Labute approximate surface area is 125 Å². The SMILES string of the molecule is CC1Cc2ccc(CO)c(/C=C/C=C/C(=O)O)c2C(C)C1. The molecule has 112 valence electrons. The molecule has 2 N–H and O–H groups in total. The van der Waals surface area contributed by atoms with Crippen molar-refractivity contribution < 1.29 is 15.0 Å². The first-order chi connectivity index (χ1) is 10.0. The van der Waals surface area contributed by atoms with Gasteiger partial charge in [-0.1, -0.05) is 44.2 Å². The summed E-state index contributed by atoms with van der Waals surface area (Å²) in [4.78, 5) is 10.5. The van der Waals surface area contributed by atoms with E-state index < -0.39 is 5.97 Å². The van der Waals surface area contributed by atoms with Crippen LogP contribution in [0.15, 0.2) is 30.4 Å². The van der Waals surface area contributed by atoms with Gasteiger partial charge < -0.3 is 10.2 Å². The Morgan fingerprint density at radius 3 is 2.76 bits per heavy atom. The van der Waals surface area contributed by atoms with Gasteiger partial charge in [0.15, 0.2) is 0 Å². The third-order valence-corrected chi connectivity index (χ3v) is 4.07. The molecule has 2 rings (SSSR count). The largest absolute Gasteiger partial charge is 0.478 e. The van der Waals surface area contributed by atoms with Gasteiger partial charge in [-0.25, -0.2) is 4.79 Å². The maximum absolute atomic E-state index is 10.5. The molecule has 0 aromatic heterocycles. The minimum absolute atomic E-state index is 0.00211. The Morgan fingerprint density at radius 2 is 2.10 bits per heavy atom. The van der Waals surface area contributed by atoms with Crippen LogP contribution in [0.1, 0.15) is 48.4 Å². The number of aliphatic hydroxyl groups excluding tert-OH is 1. The molecule has 3 heteroatoms. The van der Waals surface area contributed by atoms with Crippen molar-refractivity contribution in [1.29, 1.82) is 0 Å². The molecule has 0 saturated carbocycles. The molecule has 21 heavy (non-hydrogen) atoms. The summed E-state index contributed by atoms with van der Waals surface area (Å²) < 4.78 is 0. The first-order valence-electron chi connectivity index (χ1n) is 7.36. The summed E-state index contributed by atoms with van der Waals surface area (Å²) in [6.45, 7) is 4.49. The van der Waals surface area contributed by atoms with Gasteiger partial charge in [0.1, 0.15) is 0 Å². The lowest BCUT2D eigenvalue weighted by molar-refractivity contribution is -0.131. The summed E-state index contributed by atoms with van der Waals surface area (Å²) in [7, 11) is 0. The second kappa shape index (κ2) is 6.72. The average molecular weight is 286 g/mol. The van der Waals surface area contributed by atoms with E-state index in [1.54, 1.807) is 6.08 Å². The number of aliphatic hydroxyl groups is 1. The Kier molecular flexibility index (Phi) is 4.97. The molecule has 2 atom stereocenters. The van der Waals surface area contributed by atoms with Gasteiger partial charge in [-0.15, -0.1) is 0 Å². The van der Waals surface area contributed by atoms with Crippen LogP contribution in [0.2, 0.25) is 0 Å². The molecular weight excluding hydrogens is 264 g/mol. The monoisotopic (exact) mass is 286 g/mol. The van der Waals surface area contributed by atoms with Crippen molar-refractivity contribution in [3.05, 3.63) is 52.6 Å². The fraction of sp³-hybridized carbons (Fsp3) is 0.389. The van der Waals surface area contributed by atoms with Crippen molar-refractivity contribution in [2.24, 2.45) is 5.92 Å². The molecule has 0 bridgehead atoms. The van der Waals surface area contributed by atoms with Crippen LogP contribution in [0.25, 0.3) is 6.08 Å². The summed E-state index contributed by atoms with van der Waals surface area (Å²) in [5.74, 6) is 0.175. The molecule has 0 amide bonds. The highest BCUT2D eigenvalue weighted by Gasteiger charge is 2.24. The van der Waals surface area contributed by atoms with E-state index >= 15 is 0 Å². The van der Waals surface area contributed by atoms with Crippen molar-refractivity contribution in [3.8, 4) is 0 Å². The Hall–Kier alpha value is -1.87. The van der Waals surface area contributed by atoms with E-state index in [1.807, 2.05) is 12.1 Å². The Bertz CT molecular complexity index is 584. The van der Waals surface area contributed by atoms with Crippen LogP contribution in [0, 0.1) is 5.92 Å². The van der Waals surface area contributed by atoms with Gasteiger partial charge in [0.2, 0.25) is 0 Å². The van der Waals surface area contributed by atoms with E-state index in [9.17, 15) is 9.90 Å². The van der Waals surface area contributed by atoms with Gasteiger partial charge in [-0.2, -0.15) is 0 Å². The lowest BCUT2D eigenvalue weighted by atomic mass is 9.75. The number of carboxylic acid groups (broad SMARTS) is 1. The zero-order valence-corrected chi connectivity index (χ0v) is 12.5. The molecule has 3 nitrogen and oxygen atoms in total. The predicted octanol–water partition coefficient (Wildman–Crippen LogP) is 3.52. The highest BCUT2D eigenvalue weighted by Crippen LogP contribution is 2.38. The van der Waals surface area contributed by atoms with Crippen molar-refractivity contribution in [2.45, 2.75) is 39.2 Å². The zero-order valence-electron chi connectivity index (χ0n) is 12.5. The molecule has 0 saturated heterocycles. The number of allylic oxidation sites excluding steroid dienone is 2. The van der Waals surface area contributed by atoms with Crippen molar-refractivity contribution in [2.75, 3.05) is 0 Å². The third kappa shape index (κ3) is 3.61. The minimum atomic E-state index is -0.959. The molecule has 1 aromatic rings. The zero-order chi connectivity index (χ0) is 15.4. The molecule has 1 aromatic carbocycles. The van der Waals surface area contributed by atoms with Crippen LogP contribution in [0.3, 0.4) is 0 Å². The first-order valence-corrected chi connectivity index (χ1v) is 7.36. The normalized spacial score (nSPS) is 21.9. The van der Waals surface area contributed by atoms with Crippen LogP contribution in [0.5, 0.6) is 0 Å². The van der Waals surface area contributed by atoms with Crippen LogP contribution < -0.4 is 0 Å². The van der Waals surface area contributed by atoms with E-state index in [0.717, 1.165) is 30.0 Å². The Balaban J connectivity index is 2.43. The van der Waals surface area contributed by atoms with Crippen LogP contribution >= 0.6 is 0 Å². The van der Waals surface area contributed by atoms with E-state index in [4.69, 9.17) is 5.11 Å². The van der Waals surface area contributed by atoms with Crippen LogP contribution in [0.4, 0.5) is 0 Å². The van der Waals surface area contributed by atoms with Gasteiger partial charge in [-0.3, -0.25) is 0 Å². The van der Waals surface area contributed by atoms with Crippen molar-refractivity contribution in [3.63, 3.8) is 0 Å². The summed E-state index contributed by atoms with van der Waals surface area (Å²) in [5.41, 5.74) is 4.60. The van der Waals surface area contributed by atoms with Crippen molar-refractivity contribution in [1.82, 2.24) is 0 Å². The summed E-state index contributed by atoms with van der Waals surface area (Å²) in [5, 5.41) is 18.2. The Morgan fingerprint density at radius 1 is 1.33 bits per heavy atom. The topological polar surface area (TPSA) is 57.5 Å². The molecule has 1 aliphatic carbocycles. The highest BCUT2D eigenvalue weighted by molar-refractivity contribution is 5.80.